The second-order valence-electron chi connectivity index (χ2n) is 6.82. The van der Waals surface area contributed by atoms with Crippen LogP contribution in [-0.4, -0.2) is 39.4 Å². The first-order valence-corrected chi connectivity index (χ1v) is 10.3. The fraction of sp³-hybridized carbons (Fsp3) is 0.333. The predicted molar refractivity (Wildman–Crippen MR) is 99.3 cm³/mol. The number of pyridine rings is 1. The van der Waals surface area contributed by atoms with Gasteiger partial charge in [0.1, 0.15) is 23.2 Å². The SMILES string of the molecule is CCS(=O)(=O)c1cc(OC(C)(C)C#N)cnc1-c1cn2ncc(C(F)(F)F)cc2n1. The molecule has 3 aromatic heterocycles. The van der Waals surface area contributed by atoms with Crippen LogP contribution < -0.4 is 4.74 Å². The molecule has 0 aliphatic carbocycles. The van der Waals surface area contributed by atoms with E-state index in [4.69, 9.17) is 10.00 Å². The molecule has 0 radical (unpaired) electrons. The van der Waals surface area contributed by atoms with Crippen molar-refractivity contribution >= 4 is 15.5 Å². The summed E-state index contributed by atoms with van der Waals surface area (Å²) in [7, 11) is -3.81. The molecule has 3 aromatic rings. The van der Waals surface area contributed by atoms with Crippen molar-refractivity contribution in [2.24, 2.45) is 0 Å². The molecule has 0 bridgehead atoms. The van der Waals surface area contributed by atoms with E-state index < -0.39 is 27.2 Å². The lowest BCUT2D eigenvalue weighted by Gasteiger charge is -2.19. The number of rotatable bonds is 5. The Morgan fingerprint density at radius 2 is 1.93 bits per heavy atom. The van der Waals surface area contributed by atoms with E-state index >= 15 is 0 Å². The summed E-state index contributed by atoms with van der Waals surface area (Å²) < 4.78 is 70.6. The molecule has 0 aliphatic rings. The highest BCUT2D eigenvalue weighted by atomic mass is 32.2. The van der Waals surface area contributed by atoms with Gasteiger partial charge in [-0.3, -0.25) is 0 Å². The van der Waals surface area contributed by atoms with Gasteiger partial charge in [-0.2, -0.15) is 23.5 Å². The highest BCUT2D eigenvalue weighted by Crippen LogP contribution is 2.32. The average Bonchev–Trinajstić information content (AvgIpc) is 3.10. The molecule has 8 nitrogen and oxygen atoms in total. The van der Waals surface area contributed by atoms with Gasteiger partial charge < -0.3 is 4.74 Å². The third-order valence-corrected chi connectivity index (χ3v) is 5.82. The van der Waals surface area contributed by atoms with Gasteiger partial charge in [-0.05, 0) is 19.9 Å². The Labute approximate surface area is 169 Å². The van der Waals surface area contributed by atoms with Gasteiger partial charge in [0.15, 0.2) is 21.1 Å². The summed E-state index contributed by atoms with van der Waals surface area (Å²) in [5.74, 6) is -0.199. The monoisotopic (exact) mass is 439 g/mol. The molecule has 158 valence electrons. The van der Waals surface area contributed by atoms with Crippen molar-refractivity contribution < 1.29 is 26.3 Å². The molecule has 30 heavy (non-hydrogen) atoms. The third kappa shape index (κ3) is 4.20. The van der Waals surface area contributed by atoms with Crippen molar-refractivity contribution in [3.8, 4) is 23.2 Å². The van der Waals surface area contributed by atoms with Gasteiger partial charge in [0.05, 0.1) is 34.8 Å². The second kappa shape index (κ2) is 7.24. The largest absolute Gasteiger partial charge is 0.471 e. The van der Waals surface area contributed by atoms with Crippen LogP contribution in [0.15, 0.2) is 35.6 Å². The van der Waals surface area contributed by atoms with E-state index in [-0.39, 0.29) is 33.4 Å². The molecule has 0 aliphatic heterocycles. The van der Waals surface area contributed by atoms with Crippen molar-refractivity contribution in [1.29, 1.82) is 5.26 Å². The molecule has 0 spiro atoms. The summed E-state index contributed by atoms with van der Waals surface area (Å²) in [6.07, 6.45) is -1.44. The minimum Gasteiger partial charge on any atom is -0.471 e. The van der Waals surface area contributed by atoms with Crippen LogP contribution in [0.1, 0.15) is 26.3 Å². The summed E-state index contributed by atoms with van der Waals surface area (Å²) in [5, 5.41) is 12.8. The normalized spacial score (nSPS) is 12.7. The average molecular weight is 439 g/mol. The number of aromatic nitrogens is 4. The van der Waals surface area contributed by atoms with Gasteiger partial charge in [0.2, 0.25) is 0 Å². The van der Waals surface area contributed by atoms with E-state index in [0.29, 0.717) is 6.20 Å². The molecule has 0 fully saturated rings. The first kappa shape index (κ1) is 21.5. The summed E-state index contributed by atoms with van der Waals surface area (Å²) >= 11 is 0. The Morgan fingerprint density at radius 1 is 1.23 bits per heavy atom. The van der Waals surface area contributed by atoms with E-state index in [0.717, 1.165) is 10.6 Å². The van der Waals surface area contributed by atoms with Crippen LogP contribution in [0.4, 0.5) is 13.2 Å². The van der Waals surface area contributed by atoms with Gasteiger partial charge >= 0.3 is 6.18 Å². The van der Waals surface area contributed by atoms with E-state index in [1.54, 1.807) is 0 Å². The standard InChI is InChI=1S/C18H16F3N5O3S/c1-4-30(27,28)14-6-12(29-17(2,3)10-22)8-23-16(14)13-9-26-15(25-13)5-11(7-24-26)18(19,20)21/h5-9H,4H2,1-3H3. The topological polar surface area (TPSA) is 110 Å². The minimum atomic E-state index is -4.59. The quantitative estimate of drug-likeness (QED) is 0.600. The molecular formula is C18H16F3N5O3S. The maximum Gasteiger partial charge on any atom is 0.418 e. The zero-order valence-corrected chi connectivity index (χ0v) is 16.9. The van der Waals surface area contributed by atoms with Gasteiger partial charge in [-0.25, -0.2) is 22.9 Å². The van der Waals surface area contributed by atoms with Gasteiger partial charge in [0.25, 0.3) is 0 Å². The molecule has 0 unspecified atom stereocenters. The van der Waals surface area contributed by atoms with Crippen molar-refractivity contribution in [2.75, 3.05) is 5.75 Å². The number of ether oxygens (including phenoxy) is 1. The number of fused-ring (bicyclic) bond motifs is 1. The maximum absolute atomic E-state index is 12.9. The fourth-order valence-corrected chi connectivity index (χ4v) is 3.59. The number of hydrogen-bond donors (Lipinski definition) is 0. The fourth-order valence-electron chi connectivity index (χ4n) is 2.53. The number of nitriles is 1. The summed E-state index contributed by atoms with van der Waals surface area (Å²) in [5.41, 5.74) is -2.35. The lowest BCUT2D eigenvalue weighted by Crippen LogP contribution is -2.25. The molecule has 0 atom stereocenters. The minimum absolute atomic E-state index is 0.0277. The van der Waals surface area contributed by atoms with Crippen LogP contribution in [-0.2, 0) is 16.0 Å². The number of imidazole rings is 1. The summed E-state index contributed by atoms with van der Waals surface area (Å²) in [6, 6.07) is 3.95. The molecule has 0 saturated heterocycles. The molecule has 0 saturated carbocycles. The number of nitrogens with zero attached hydrogens (tertiary/aromatic N) is 5. The Bertz CT molecular complexity index is 1260. The van der Waals surface area contributed by atoms with Crippen LogP contribution >= 0.6 is 0 Å². The highest BCUT2D eigenvalue weighted by molar-refractivity contribution is 7.91. The molecule has 0 amide bonds. The van der Waals surface area contributed by atoms with Gasteiger partial charge in [0, 0.05) is 6.07 Å². The highest BCUT2D eigenvalue weighted by Gasteiger charge is 2.32. The molecule has 12 heteroatoms. The van der Waals surface area contributed by atoms with Crippen LogP contribution in [0.3, 0.4) is 0 Å². The van der Waals surface area contributed by atoms with Crippen molar-refractivity contribution in [3.05, 3.63) is 36.3 Å². The molecule has 0 aromatic carbocycles. The zero-order valence-electron chi connectivity index (χ0n) is 16.1. The smallest absolute Gasteiger partial charge is 0.418 e. The Kier molecular flexibility index (Phi) is 5.19. The number of halogens is 3. The molecule has 3 rings (SSSR count). The van der Waals surface area contributed by atoms with E-state index in [1.165, 1.54) is 39.2 Å². The zero-order chi connectivity index (χ0) is 22.3. The van der Waals surface area contributed by atoms with Crippen LogP contribution in [0.5, 0.6) is 5.75 Å². The first-order chi connectivity index (χ1) is 13.9. The van der Waals surface area contributed by atoms with E-state index in [1.807, 2.05) is 6.07 Å². The van der Waals surface area contributed by atoms with Gasteiger partial charge in [-0.1, -0.05) is 6.92 Å². The van der Waals surface area contributed by atoms with Crippen LogP contribution in [0, 0.1) is 11.3 Å². The Hall–Kier alpha value is -3.20. The van der Waals surface area contributed by atoms with Crippen LogP contribution in [0.25, 0.3) is 17.0 Å². The van der Waals surface area contributed by atoms with Crippen molar-refractivity contribution in [1.82, 2.24) is 19.6 Å². The number of alkyl halides is 3. The summed E-state index contributed by atoms with van der Waals surface area (Å²) in [6.45, 7) is 4.44. The molecular weight excluding hydrogens is 423 g/mol. The van der Waals surface area contributed by atoms with Crippen LogP contribution in [0.2, 0.25) is 0 Å². The Morgan fingerprint density at radius 3 is 2.53 bits per heavy atom. The third-order valence-electron chi connectivity index (χ3n) is 4.08. The maximum atomic E-state index is 12.9. The molecule has 0 N–H and O–H groups in total. The van der Waals surface area contributed by atoms with E-state index in [9.17, 15) is 21.6 Å². The summed E-state index contributed by atoms with van der Waals surface area (Å²) in [4.78, 5) is 7.96. The van der Waals surface area contributed by atoms with E-state index in [2.05, 4.69) is 15.1 Å². The first-order valence-electron chi connectivity index (χ1n) is 8.62. The lowest BCUT2D eigenvalue weighted by atomic mass is 10.2. The molecule has 3 heterocycles. The number of sulfone groups is 1. The predicted octanol–water partition coefficient (Wildman–Crippen LogP) is 3.28. The lowest BCUT2D eigenvalue weighted by molar-refractivity contribution is -0.137. The van der Waals surface area contributed by atoms with Gasteiger partial charge in [-0.15, -0.1) is 0 Å². The number of hydrogen-bond acceptors (Lipinski definition) is 7. The van der Waals surface area contributed by atoms with Crippen molar-refractivity contribution in [2.45, 2.75) is 37.4 Å². The second-order valence-corrected chi connectivity index (χ2v) is 9.06. The van der Waals surface area contributed by atoms with Crippen molar-refractivity contribution in [3.63, 3.8) is 0 Å². The Balaban J connectivity index is 2.16.